The average molecular weight is 375 g/mol. The zero-order valence-corrected chi connectivity index (χ0v) is 15.0. The summed E-state index contributed by atoms with van der Waals surface area (Å²) in [7, 11) is 1.57. The molecule has 0 amide bonds. The maximum absolute atomic E-state index is 11.9. The number of ether oxygens (including phenoxy) is 2. The Balaban J connectivity index is 1.66. The zero-order chi connectivity index (χ0) is 19.9. The van der Waals surface area contributed by atoms with Crippen LogP contribution in [0.15, 0.2) is 60.4 Å². The number of aliphatic hydroxyl groups excluding tert-OH is 1. The number of H-pyrrole nitrogens is 1. The van der Waals surface area contributed by atoms with Crippen LogP contribution in [0, 0.1) is 11.3 Å². The quantitative estimate of drug-likeness (QED) is 0.295. The summed E-state index contributed by atoms with van der Waals surface area (Å²) in [5.74, 6) is -0.104. The number of nitriles is 1. The number of nitrogens with one attached hydrogen (secondary N) is 1. The molecule has 3 rings (SSSR count). The third-order valence-electron chi connectivity index (χ3n) is 3.91. The molecule has 0 unspecified atom stereocenters. The van der Waals surface area contributed by atoms with Gasteiger partial charge in [0.15, 0.2) is 11.6 Å². The Labute approximate surface area is 161 Å². The second kappa shape index (κ2) is 8.56. The number of benzene rings is 2. The highest BCUT2D eigenvalue weighted by atomic mass is 16.5. The molecule has 0 spiro atoms. The van der Waals surface area contributed by atoms with Crippen molar-refractivity contribution >= 4 is 28.7 Å². The number of imidazole rings is 1. The van der Waals surface area contributed by atoms with Crippen LogP contribution < -0.4 is 4.74 Å². The number of para-hydroxylation sites is 2. The molecule has 0 fully saturated rings. The smallest absolute Gasteiger partial charge is 0.331 e. The average Bonchev–Trinajstić information content (AvgIpc) is 3.15. The Morgan fingerprint density at radius 1 is 1.25 bits per heavy atom. The summed E-state index contributed by atoms with van der Waals surface area (Å²) in [4.78, 5) is 19.1. The minimum atomic E-state index is -0.649. The van der Waals surface area contributed by atoms with E-state index in [1.54, 1.807) is 43.5 Å². The Morgan fingerprint density at radius 2 is 2.00 bits per heavy atom. The number of carbonyl (C=O) groups is 1. The van der Waals surface area contributed by atoms with E-state index < -0.39 is 12.6 Å². The Bertz CT molecular complexity index is 1060. The number of aliphatic hydroxyl groups is 1. The number of fused-ring (bicyclic) bond motifs is 1. The molecule has 0 saturated carbocycles. The van der Waals surface area contributed by atoms with Crippen molar-refractivity contribution in [2.24, 2.45) is 0 Å². The lowest BCUT2D eigenvalue weighted by Gasteiger charge is -2.03. The molecule has 1 aromatic heterocycles. The number of hydrogen-bond donors (Lipinski definition) is 2. The van der Waals surface area contributed by atoms with Crippen molar-refractivity contribution in [3.8, 4) is 11.8 Å². The first-order valence-electron chi connectivity index (χ1n) is 8.37. The Kier molecular flexibility index (Phi) is 5.72. The number of carbonyl (C=O) groups excluding carboxylic acids is 1. The SMILES string of the molecule is COc1ccc(C=CC(=O)OCC(O)=C(C#N)c2nc3ccccc3[nH]2)cc1. The molecule has 0 bridgehead atoms. The molecule has 0 atom stereocenters. The van der Waals surface area contributed by atoms with Gasteiger partial charge in [0.05, 0.1) is 18.1 Å². The van der Waals surface area contributed by atoms with Gasteiger partial charge in [0.25, 0.3) is 0 Å². The fourth-order valence-corrected chi connectivity index (χ4v) is 2.46. The Hall–Kier alpha value is -4.05. The van der Waals surface area contributed by atoms with Gasteiger partial charge >= 0.3 is 5.97 Å². The maximum atomic E-state index is 11.9. The predicted molar refractivity (Wildman–Crippen MR) is 104 cm³/mol. The number of esters is 1. The molecule has 0 radical (unpaired) electrons. The minimum absolute atomic E-state index is 0.0804. The summed E-state index contributed by atoms with van der Waals surface area (Å²) in [6.07, 6.45) is 2.81. The highest BCUT2D eigenvalue weighted by molar-refractivity contribution is 5.87. The standard InChI is InChI=1S/C21H17N3O4/c1-27-15-9-6-14(7-10-15)8-11-20(26)28-13-19(25)16(12-22)21-23-17-4-2-3-5-18(17)24-21/h2-11,25H,13H2,1H3,(H,23,24). The molecule has 0 aliphatic heterocycles. The van der Waals surface area contributed by atoms with Gasteiger partial charge in [-0.2, -0.15) is 5.26 Å². The second-order valence-corrected chi connectivity index (χ2v) is 5.75. The molecule has 140 valence electrons. The topological polar surface area (TPSA) is 108 Å². The van der Waals surface area contributed by atoms with Crippen LogP contribution in [0.3, 0.4) is 0 Å². The lowest BCUT2D eigenvalue weighted by Crippen LogP contribution is -2.06. The van der Waals surface area contributed by atoms with E-state index in [4.69, 9.17) is 9.47 Å². The number of rotatable bonds is 6. The number of aromatic amines is 1. The lowest BCUT2D eigenvalue weighted by atomic mass is 10.2. The van der Waals surface area contributed by atoms with E-state index in [9.17, 15) is 15.2 Å². The molecule has 3 aromatic rings. The number of allylic oxidation sites excluding steroid dienone is 1. The van der Waals surface area contributed by atoms with E-state index in [0.29, 0.717) is 11.3 Å². The molecule has 0 aliphatic carbocycles. The van der Waals surface area contributed by atoms with Gasteiger partial charge in [-0.05, 0) is 35.9 Å². The van der Waals surface area contributed by atoms with E-state index >= 15 is 0 Å². The van der Waals surface area contributed by atoms with Crippen LogP contribution in [-0.2, 0) is 9.53 Å². The van der Waals surface area contributed by atoms with Crippen molar-refractivity contribution in [1.29, 1.82) is 5.26 Å². The van der Waals surface area contributed by atoms with Crippen LogP contribution in [0.1, 0.15) is 11.4 Å². The first-order chi connectivity index (χ1) is 13.6. The number of nitrogens with zero attached hydrogens (tertiary/aromatic N) is 2. The van der Waals surface area contributed by atoms with E-state index in [1.165, 1.54) is 6.08 Å². The third-order valence-corrected chi connectivity index (χ3v) is 3.91. The fourth-order valence-electron chi connectivity index (χ4n) is 2.46. The van der Waals surface area contributed by atoms with Crippen LogP contribution in [-0.4, -0.2) is 34.8 Å². The van der Waals surface area contributed by atoms with E-state index in [-0.39, 0.29) is 17.2 Å². The fraction of sp³-hybridized carbons (Fsp3) is 0.0952. The normalized spacial score (nSPS) is 11.9. The van der Waals surface area contributed by atoms with Gasteiger partial charge in [-0.3, -0.25) is 0 Å². The van der Waals surface area contributed by atoms with Crippen molar-refractivity contribution in [1.82, 2.24) is 9.97 Å². The van der Waals surface area contributed by atoms with Crippen LogP contribution in [0.25, 0.3) is 22.7 Å². The van der Waals surface area contributed by atoms with Crippen molar-refractivity contribution in [2.45, 2.75) is 0 Å². The van der Waals surface area contributed by atoms with Gasteiger partial charge in [-0.1, -0.05) is 24.3 Å². The first kappa shape index (κ1) is 18.7. The van der Waals surface area contributed by atoms with Gasteiger partial charge < -0.3 is 19.6 Å². The maximum Gasteiger partial charge on any atom is 0.331 e. The largest absolute Gasteiger partial charge is 0.507 e. The molecular weight excluding hydrogens is 358 g/mol. The van der Waals surface area contributed by atoms with Crippen LogP contribution in [0.2, 0.25) is 0 Å². The van der Waals surface area contributed by atoms with E-state index in [0.717, 1.165) is 11.1 Å². The van der Waals surface area contributed by atoms with Crippen molar-refractivity contribution < 1.29 is 19.4 Å². The molecule has 2 aromatic carbocycles. The molecular formula is C21H17N3O4. The zero-order valence-electron chi connectivity index (χ0n) is 15.0. The summed E-state index contributed by atoms with van der Waals surface area (Å²) in [5.41, 5.74) is 2.11. The molecule has 0 aliphatic rings. The highest BCUT2D eigenvalue weighted by Gasteiger charge is 2.14. The lowest BCUT2D eigenvalue weighted by molar-refractivity contribution is -0.137. The number of hydrogen-bond acceptors (Lipinski definition) is 6. The first-order valence-corrected chi connectivity index (χ1v) is 8.37. The molecule has 7 nitrogen and oxygen atoms in total. The number of methoxy groups -OCH3 is 1. The molecule has 28 heavy (non-hydrogen) atoms. The van der Waals surface area contributed by atoms with Crippen molar-refractivity contribution in [2.75, 3.05) is 13.7 Å². The molecule has 2 N–H and O–H groups in total. The molecule has 0 saturated heterocycles. The Morgan fingerprint density at radius 3 is 2.68 bits per heavy atom. The second-order valence-electron chi connectivity index (χ2n) is 5.75. The molecule has 1 heterocycles. The summed E-state index contributed by atoms with van der Waals surface area (Å²) < 4.78 is 10.1. The van der Waals surface area contributed by atoms with Gasteiger partial charge in [0.1, 0.15) is 24.0 Å². The van der Waals surface area contributed by atoms with E-state index in [2.05, 4.69) is 9.97 Å². The van der Waals surface area contributed by atoms with E-state index in [1.807, 2.05) is 24.3 Å². The monoisotopic (exact) mass is 375 g/mol. The van der Waals surface area contributed by atoms with Gasteiger partial charge in [0, 0.05) is 6.08 Å². The molecule has 7 heteroatoms. The van der Waals surface area contributed by atoms with Crippen molar-refractivity contribution in [3.05, 3.63) is 71.8 Å². The van der Waals surface area contributed by atoms with Crippen molar-refractivity contribution in [3.63, 3.8) is 0 Å². The van der Waals surface area contributed by atoms with Gasteiger partial charge in [-0.25, -0.2) is 9.78 Å². The van der Waals surface area contributed by atoms with Crippen LogP contribution >= 0.6 is 0 Å². The van der Waals surface area contributed by atoms with Gasteiger partial charge in [-0.15, -0.1) is 0 Å². The minimum Gasteiger partial charge on any atom is -0.507 e. The number of aromatic nitrogens is 2. The summed E-state index contributed by atoms with van der Waals surface area (Å²) >= 11 is 0. The van der Waals surface area contributed by atoms with Crippen LogP contribution in [0.5, 0.6) is 5.75 Å². The third kappa shape index (κ3) is 4.37. The summed E-state index contributed by atoms with van der Waals surface area (Å²) in [6, 6.07) is 16.2. The summed E-state index contributed by atoms with van der Waals surface area (Å²) in [6.45, 7) is -0.439. The summed E-state index contributed by atoms with van der Waals surface area (Å²) in [5, 5.41) is 19.5. The predicted octanol–water partition coefficient (Wildman–Crippen LogP) is 3.62. The van der Waals surface area contributed by atoms with Crippen LogP contribution in [0.4, 0.5) is 0 Å². The van der Waals surface area contributed by atoms with Gasteiger partial charge in [0.2, 0.25) is 0 Å². The highest BCUT2D eigenvalue weighted by Crippen LogP contribution is 2.19.